The lowest BCUT2D eigenvalue weighted by Crippen LogP contribution is -2.63. The van der Waals surface area contributed by atoms with Crippen molar-refractivity contribution in [3.63, 3.8) is 0 Å². The summed E-state index contributed by atoms with van der Waals surface area (Å²) in [6, 6.07) is 0. The Hall–Kier alpha value is 0.168. The normalized spacial score (nSPS) is 23.1. The number of ether oxygens (including phenoxy) is 4. The first-order valence-corrected chi connectivity index (χ1v) is 19.5. The van der Waals surface area contributed by atoms with E-state index in [1.54, 1.807) is 34.1 Å². The van der Waals surface area contributed by atoms with Crippen molar-refractivity contribution in [2.45, 2.75) is 31.8 Å². The Bertz CT molecular complexity index is 583. The van der Waals surface area contributed by atoms with E-state index >= 15 is 0 Å². The first-order chi connectivity index (χ1) is 15.1. The van der Waals surface area contributed by atoms with Crippen LogP contribution < -0.4 is 0 Å². The number of epoxide rings is 2. The Morgan fingerprint density at radius 3 is 1.50 bits per heavy atom. The molecule has 2 aliphatic heterocycles. The van der Waals surface area contributed by atoms with Crippen molar-refractivity contribution in [3.8, 4) is 0 Å². The molecule has 0 saturated carbocycles. The average molecular weight is 531 g/mol. The molecule has 3 unspecified atom stereocenters. The Balaban J connectivity index is 2.02. The molecule has 0 N–H and O–H groups in total. The number of rotatable bonds is 19. The molecule has 0 bridgehead atoms. The Labute approximate surface area is 195 Å². The summed E-state index contributed by atoms with van der Waals surface area (Å²) < 4.78 is 63.7. The van der Waals surface area contributed by atoms with Gasteiger partial charge in [-0.25, -0.2) is 0 Å². The molecule has 2 fully saturated rings. The lowest BCUT2D eigenvalue weighted by molar-refractivity contribution is 0.0645. The van der Waals surface area contributed by atoms with Gasteiger partial charge in [-0.15, -0.1) is 6.58 Å². The zero-order valence-electron chi connectivity index (χ0n) is 20.2. The molecule has 3 atom stereocenters. The molecular weight excluding hydrogens is 493 g/mol. The second-order valence-electron chi connectivity index (χ2n) is 8.05. The van der Waals surface area contributed by atoms with Gasteiger partial charge in [0.25, 0.3) is 0 Å². The minimum absolute atomic E-state index is 0.129. The van der Waals surface area contributed by atoms with Crippen LogP contribution in [0.25, 0.3) is 0 Å². The van der Waals surface area contributed by atoms with Crippen LogP contribution >= 0.6 is 0 Å². The van der Waals surface area contributed by atoms with E-state index in [1.165, 1.54) is 0 Å². The van der Waals surface area contributed by atoms with Crippen LogP contribution in [0.3, 0.4) is 0 Å². The van der Waals surface area contributed by atoms with Crippen molar-refractivity contribution >= 4 is 34.7 Å². The van der Waals surface area contributed by atoms with E-state index < -0.39 is 34.7 Å². The predicted molar refractivity (Wildman–Crippen MR) is 123 cm³/mol. The van der Waals surface area contributed by atoms with Crippen LogP contribution in [0.15, 0.2) is 12.3 Å². The molecule has 2 saturated heterocycles. The van der Waals surface area contributed by atoms with Gasteiger partial charge in [0, 0.05) is 28.4 Å². The van der Waals surface area contributed by atoms with Gasteiger partial charge in [-0.3, -0.25) is 0 Å². The van der Waals surface area contributed by atoms with Gasteiger partial charge in [0.05, 0.1) is 26.4 Å². The Kier molecular flexibility index (Phi) is 10.9. The summed E-state index contributed by atoms with van der Waals surface area (Å²) in [5.74, 6) is 0. The SMILES string of the molecule is C=C[Si](C)(O[Si](C)(C)O[Si](COCC1CO1)(OC)OC)O[Si](COCC1CO1)(OC)OC. The fourth-order valence-corrected chi connectivity index (χ4v) is 17.3. The Morgan fingerprint density at radius 1 is 0.750 bits per heavy atom. The largest absolute Gasteiger partial charge is 0.518 e. The average Bonchev–Trinajstić information content (AvgIpc) is 3.67. The summed E-state index contributed by atoms with van der Waals surface area (Å²) in [5.41, 5.74) is 1.68. The summed E-state index contributed by atoms with van der Waals surface area (Å²) in [5, 5.41) is 0. The van der Waals surface area contributed by atoms with Gasteiger partial charge in [0.1, 0.15) is 24.7 Å². The molecule has 0 spiro atoms. The molecule has 0 aromatic carbocycles. The molecule has 2 aliphatic rings. The van der Waals surface area contributed by atoms with Crippen LogP contribution in [0.1, 0.15) is 0 Å². The third-order valence-corrected chi connectivity index (χ3v) is 18.8. The van der Waals surface area contributed by atoms with Gasteiger partial charge >= 0.3 is 34.7 Å². The van der Waals surface area contributed by atoms with Gasteiger partial charge in [-0.1, -0.05) is 5.70 Å². The van der Waals surface area contributed by atoms with Gasteiger partial charge in [0.2, 0.25) is 0 Å². The van der Waals surface area contributed by atoms with Crippen molar-refractivity contribution in [1.29, 1.82) is 0 Å². The molecule has 0 aliphatic carbocycles. The highest BCUT2D eigenvalue weighted by atomic mass is 28.5. The number of hydrogen-bond donors (Lipinski definition) is 0. The topological polar surface area (TPSA) is 108 Å². The van der Waals surface area contributed by atoms with E-state index in [0.29, 0.717) is 26.4 Å². The fourth-order valence-electron chi connectivity index (χ4n) is 2.88. The van der Waals surface area contributed by atoms with Crippen LogP contribution in [0.2, 0.25) is 19.6 Å². The molecule has 0 radical (unpaired) electrons. The third-order valence-electron chi connectivity index (χ3n) is 4.79. The summed E-state index contributed by atoms with van der Waals surface area (Å²) >= 11 is 0. The van der Waals surface area contributed by atoms with Crippen LogP contribution in [-0.2, 0) is 49.0 Å². The Morgan fingerprint density at radius 2 is 1.16 bits per heavy atom. The standard InChI is InChI=1S/C17H38O11Si4/c1-9-30(8,28-32(20-4,21-5)15-23-11-17-13-25-17)26-29(6,7)27-31(18-2,19-3)14-22-10-16-12-24-16/h9,16-17H,1,10-15H2,2-8H3. The van der Waals surface area contributed by atoms with Crippen molar-refractivity contribution in [1.82, 2.24) is 0 Å². The lowest BCUT2D eigenvalue weighted by atomic mass is 10.5. The first kappa shape index (κ1) is 28.4. The van der Waals surface area contributed by atoms with Crippen LogP contribution in [0.4, 0.5) is 0 Å². The van der Waals surface area contributed by atoms with Gasteiger partial charge < -0.3 is 49.0 Å². The molecule has 0 aromatic rings. The first-order valence-electron chi connectivity index (χ1n) is 10.4. The van der Waals surface area contributed by atoms with Gasteiger partial charge in [-0.05, 0) is 19.6 Å². The van der Waals surface area contributed by atoms with E-state index in [4.69, 9.17) is 49.0 Å². The lowest BCUT2D eigenvalue weighted by Gasteiger charge is -2.40. The molecule has 0 amide bonds. The molecule has 2 rings (SSSR count). The highest BCUT2D eigenvalue weighted by Gasteiger charge is 2.53. The van der Waals surface area contributed by atoms with E-state index in [0.717, 1.165) is 0 Å². The van der Waals surface area contributed by atoms with E-state index in [-0.39, 0.29) is 24.7 Å². The van der Waals surface area contributed by atoms with Crippen molar-refractivity contribution < 1.29 is 49.0 Å². The van der Waals surface area contributed by atoms with Gasteiger partial charge in [0.15, 0.2) is 0 Å². The fraction of sp³-hybridized carbons (Fsp3) is 0.882. The maximum atomic E-state index is 6.48. The quantitative estimate of drug-likeness (QED) is 0.176. The van der Waals surface area contributed by atoms with Crippen LogP contribution in [0, 0.1) is 0 Å². The molecule has 11 nitrogen and oxygen atoms in total. The molecular formula is C17H38O11Si4. The van der Waals surface area contributed by atoms with Gasteiger partial charge in [-0.2, -0.15) is 0 Å². The molecule has 2 heterocycles. The predicted octanol–water partition coefficient (Wildman–Crippen LogP) is 0.908. The summed E-state index contributed by atoms with van der Waals surface area (Å²) in [6.07, 6.45) is 0.633. The zero-order chi connectivity index (χ0) is 23.9. The summed E-state index contributed by atoms with van der Waals surface area (Å²) in [7, 11) is -5.99. The second-order valence-corrected chi connectivity index (χ2v) is 20.7. The highest BCUT2D eigenvalue weighted by molar-refractivity contribution is 6.89. The van der Waals surface area contributed by atoms with Crippen LogP contribution in [0.5, 0.6) is 0 Å². The van der Waals surface area contributed by atoms with Crippen LogP contribution in [-0.4, -0.2) is 114 Å². The summed E-state index contributed by atoms with van der Waals surface area (Å²) in [6.45, 7) is 12.0. The third kappa shape index (κ3) is 9.08. The van der Waals surface area contributed by atoms with E-state index in [9.17, 15) is 0 Å². The van der Waals surface area contributed by atoms with Crippen molar-refractivity contribution in [2.75, 3.05) is 67.3 Å². The minimum atomic E-state index is -3.18. The van der Waals surface area contributed by atoms with E-state index in [2.05, 4.69) is 6.58 Å². The van der Waals surface area contributed by atoms with E-state index in [1.807, 2.05) is 19.6 Å². The maximum absolute atomic E-state index is 6.48. The summed E-state index contributed by atoms with van der Waals surface area (Å²) in [4.78, 5) is 0. The minimum Gasteiger partial charge on any atom is -0.413 e. The smallest absolute Gasteiger partial charge is 0.413 e. The zero-order valence-corrected chi connectivity index (χ0v) is 24.2. The van der Waals surface area contributed by atoms with Crippen molar-refractivity contribution in [2.24, 2.45) is 0 Å². The van der Waals surface area contributed by atoms with Crippen molar-refractivity contribution in [3.05, 3.63) is 12.3 Å². The second kappa shape index (κ2) is 12.2. The number of hydrogen-bond acceptors (Lipinski definition) is 11. The monoisotopic (exact) mass is 530 g/mol. The molecule has 188 valence electrons. The molecule has 0 aromatic heterocycles. The maximum Gasteiger partial charge on any atom is 0.518 e. The molecule has 32 heavy (non-hydrogen) atoms. The molecule has 15 heteroatoms. The highest BCUT2D eigenvalue weighted by Crippen LogP contribution is 2.26.